The van der Waals surface area contributed by atoms with Crippen LogP contribution in [0.15, 0.2) is 36.7 Å². The number of hydrogen-bond acceptors (Lipinski definition) is 6. The average Bonchev–Trinajstić information content (AvgIpc) is 3.51. The maximum atomic E-state index is 14.5. The van der Waals surface area contributed by atoms with E-state index in [0.29, 0.717) is 17.6 Å². The van der Waals surface area contributed by atoms with Gasteiger partial charge in [-0.05, 0) is 51.1 Å². The molecule has 3 aromatic heterocycles. The normalized spacial score (nSPS) is 21.0. The van der Waals surface area contributed by atoms with Gasteiger partial charge in [0.15, 0.2) is 11.6 Å². The van der Waals surface area contributed by atoms with E-state index in [0.717, 1.165) is 65.3 Å². The fourth-order valence-corrected chi connectivity index (χ4v) is 6.14. The van der Waals surface area contributed by atoms with Gasteiger partial charge in [0, 0.05) is 66.3 Å². The van der Waals surface area contributed by atoms with E-state index in [4.69, 9.17) is 20.7 Å². The van der Waals surface area contributed by atoms with Crippen LogP contribution >= 0.6 is 0 Å². The summed E-state index contributed by atoms with van der Waals surface area (Å²) in [6, 6.07) is 7.11. The molecule has 1 saturated heterocycles. The third-order valence-corrected chi connectivity index (χ3v) is 7.83. The zero-order valence-corrected chi connectivity index (χ0v) is 20.6. The number of benzene rings is 1. The standard InChI is InChI=1S/C27H28FN7O/c1-14-20-9-16(28)4-5-19(20)25-21(13-34(3)32-25)18-6-7-22-24(18)26(35(31-22)17-11-33(2)12-17)15-8-23(36-14)27(29)30-10-15/h4-5,8-10,13-14,17-18H,6-7,11-12H2,1-3H3,(H2,29,30)/t14-,18?/m1/s1. The van der Waals surface area contributed by atoms with Gasteiger partial charge in [-0.3, -0.25) is 9.36 Å². The van der Waals surface area contributed by atoms with Crippen LogP contribution in [-0.2, 0) is 13.5 Å². The third kappa shape index (κ3) is 3.12. The van der Waals surface area contributed by atoms with Crippen molar-refractivity contribution in [1.82, 2.24) is 29.4 Å². The Bertz CT molecular complexity index is 1520. The molecular weight excluding hydrogens is 457 g/mol. The van der Waals surface area contributed by atoms with Crippen molar-refractivity contribution in [2.75, 3.05) is 25.9 Å². The minimum Gasteiger partial charge on any atom is -0.482 e. The molecule has 184 valence electrons. The Kier molecular flexibility index (Phi) is 4.57. The van der Waals surface area contributed by atoms with Crippen LogP contribution in [-0.4, -0.2) is 49.6 Å². The van der Waals surface area contributed by atoms with Gasteiger partial charge in [0.1, 0.15) is 11.9 Å². The Morgan fingerprint density at radius 3 is 2.75 bits per heavy atom. The predicted octanol–water partition coefficient (Wildman–Crippen LogP) is 4.08. The van der Waals surface area contributed by atoms with E-state index in [9.17, 15) is 4.39 Å². The molecule has 2 aliphatic heterocycles. The van der Waals surface area contributed by atoms with Crippen LogP contribution in [0.4, 0.5) is 10.2 Å². The third-order valence-electron chi connectivity index (χ3n) is 7.83. The number of ether oxygens (including phenoxy) is 1. The Hall–Kier alpha value is -3.72. The molecule has 2 bridgehead atoms. The number of hydrogen-bond donors (Lipinski definition) is 1. The molecule has 36 heavy (non-hydrogen) atoms. The molecule has 8 nitrogen and oxygen atoms in total. The van der Waals surface area contributed by atoms with Gasteiger partial charge in [-0.15, -0.1) is 0 Å². The van der Waals surface area contributed by atoms with Crippen molar-refractivity contribution in [2.45, 2.75) is 37.8 Å². The van der Waals surface area contributed by atoms with E-state index < -0.39 is 6.10 Å². The highest BCUT2D eigenvalue weighted by atomic mass is 19.1. The van der Waals surface area contributed by atoms with Crippen LogP contribution < -0.4 is 10.5 Å². The van der Waals surface area contributed by atoms with Crippen LogP contribution in [0.3, 0.4) is 0 Å². The first-order chi connectivity index (χ1) is 17.4. The molecule has 7 rings (SSSR count). The summed E-state index contributed by atoms with van der Waals surface area (Å²) in [5.74, 6) is 0.603. The molecule has 1 fully saturated rings. The molecule has 0 radical (unpaired) electrons. The van der Waals surface area contributed by atoms with E-state index in [2.05, 4.69) is 27.8 Å². The van der Waals surface area contributed by atoms with Crippen molar-refractivity contribution >= 4 is 5.82 Å². The van der Waals surface area contributed by atoms with Crippen LogP contribution in [0.25, 0.3) is 22.5 Å². The minimum atomic E-state index is -0.465. The number of anilines is 1. The number of nitrogens with zero attached hydrogens (tertiary/aromatic N) is 6. The monoisotopic (exact) mass is 485 g/mol. The summed E-state index contributed by atoms with van der Waals surface area (Å²) in [6.07, 6.45) is 5.31. The van der Waals surface area contributed by atoms with E-state index in [-0.39, 0.29) is 11.7 Å². The largest absolute Gasteiger partial charge is 0.482 e. The molecule has 9 heteroatoms. The first-order valence-corrected chi connectivity index (χ1v) is 12.4. The minimum absolute atomic E-state index is 0.125. The maximum absolute atomic E-state index is 14.5. The number of nitrogen functional groups attached to an aromatic ring is 1. The Labute approximate surface area is 208 Å². The van der Waals surface area contributed by atoms with Gasteiger partial charge >= 0.3 is 0 Å². The van der Waals surface area contributed by atoms with Gasteiger partial charge in [0.25, 0.3) is 0 Å². The Morgan fingerprint density at radius 1 is 1.11 bits per heavy atom. The molecule has 1 aromatic carbocycles. The van der Waals surface area contributed by atoms with Crippen molar-refractivity contribution in [1.29, 1.82) is 0 Å². The van der Waals surface area contributed by atoms with Gasteiger partial charge in [-0.2, -0.15) is 10.2 Å². The average molecular weight is 486 g/mol. The highest BCUT2D eigenvalue weighted by Gasteiger charge is 2.39. The number of likely N-dealkylation sites (tertiary alicyclic amines) is 1. The van der Waals surface area contributed by atoms with Crippen molar-refractivity contribution in [3.8, 4) is 28.3 Å². The van der Waals surface area contributed by atoms with Gasteiger partial charge < -0.3 is 15.4 Å². The lowest BCUT2D eigenvalue weighted by molar-refractivity contribution is 0.131. The summed E-state index contributed by atoms with van der Waals surface area (Å²) >= 11 is 0. The summed E-state index contributed by atoms with van der Waals surface area (Å²) in [6.45, 7) is 3.82. The van der Waals surface area contributed by atoms with Crippen LogP contribution in [0.1, 0.15) is 53.8 Å². The maximum Gasteiger partial charge on any atom is 0.166 e. The number of aromatic nitrogens is 5. The number of nitrogens with two attached hydrogens (primary N) is 1. The molecule has 0 spiro atoms. The zero-order chi connectivity index (χ0) is 24.7. The second-order valence-electron chi connectivity index (χ2n) is 10.3. The number of pyridine rings is 1. The Balaban J connectivity index is 1.53. The van der Waals surface area contributed by atoms with E-state index in [1.165, 1.54) is 17.7 Å². The van der Waals surface area contributed by atoms with Crippen LogP contribution in [0.2, 0.25) is 0 Å². The van der Waals surface area contributed by atoms with Crippen molar-refractivity contribution in [2.24, 2.45) is 7.05 Å². The first-order valence-electron chi connectivity index (χ1n) is 12.4. The summed E-state index contributed by atoms with van der Waals surface area (Å²) in [7, 11) is 4.06. The first kappa shape index (κ1) is 21.6. The highest BCUT2D eigenvalue weighted by Crippen LogP contribution is 2.49. The molecule has 1 unspecified atom stereocenters. The number of aryl methyl sites for hydroxylation is 2. The highest BCUT2D eigenvalue weighted by molar-refractivity contribution is 5.74. The quantitative estimate of drug-likeness (QED) is 0.437. The number of halogens is 1. The van der Waals surface area contributed by atoms with Crippen molar-refractivity contribution in [3.63, 3.8) is 0 Å². The molecular formula is C27H28FN7O. The number of rotatable bonds is 1. The summed E-state index contributed by atoms with van der Waals surface area (Å²) in [5, 5.41) is 10.0. The van der Waals surface area contributed by atoms with Crippen LogP contribution in [0.5, 0.6) is 5.75 Å². The fraction of sp³-hybridized carbons (Fsp3) is 0.370. The van der Waals surface area contributed by atoms with Crippen molar-refractivity contribution in [3.05, 3.63) is 64.9 Å². The van der Waals surface area contributed by atoms with Gasteiger partial charge in [-0.1, -0.05) is 0 Å². The summed E-state index contributed by atoms with van der Waals surface area (Å²) in [4.78, 5) is 6.80. The molecule has 0 amide bonds. The smallest absolute Gasteiger partial charge is 0.166 e. The molecule has 2 N–H and O–H groups in total. The molecule has 2 atom stereocenters. The second kappa shape index (κ2) is 7.64. The molecule has 0 saturated carbocycles. The molecule has 5 heterocycles. The van der Waals surface area contributed by atoms with Crippen LogP contribution in [0, 0.1) is 5.82 Å². The summed E-state index contributed by atoms with van der Waals surface area (Å²) in [5.41, 5.74) is 14.2. The SMILES string of the molecule is C[C@H]1Oc2cc(cnc2N)-c2c3c(nn2C2CN(C)C2)CCC3c2cn(C)nc2-c2ccc(F)cc21. The van der Waals surface area contributed by atoms with Gasteiger partial charge in [0.2, 0.25) is 0 Å². The Morgan fingerprint density at radius 2 is 1.94 bits per heavy atom. The fourth-order valence-electron chi connectivity index (χ4n) is 6.14. The molecule has 4 aromatic rings. The molecule has 1 aliphatic carbocycles. The van der Waals surface area contributed by atoms with Gasteiger partial charge in [0.05, 0.1) is 23.1 Å². The lowest BCUT2D eigenvalue weighted by Gasteiger charge is -2.37. The van der Waals surface area contributed by atoms with Gasteiger partial charge in [-0.25, -0.2) is 9.37 Å². The summed E-state index contributed by atoms with van der Waals surface area (Å²) < 4.78 is 24.9. The molecule has 3 aliphatic rings. The lowest BCUT2D eigenvalue weighted by Crippen LogP contribution is -2.45. The van der Waals surface area contributed by atoms with E-state index in [1.54, 1.807) is 0 Å². The topological polar surface area (TPSA) is 87.0 Å². The number of likely N-dealkylation sites (N-methyl/N-ethyl adjacent to an activating group) is 1. The number of fused-ring (bicyclic) bond motifs is 7. The van der Waals surface area contributed by atoms with Crippen molar-refractivity contribution < 1.29 is 9.13 Å². The zero-order valence-electron chi connectivity index (χ0n) is 20.6. The van der Waals surface area contributed by atoms with E-state index in [1.807, 2.05) is 37.0 Å². The predicted molar refractivity (Wildman–Crippen MR) is 134 cm³/mol. The van der Waals surface area contributed by atoms with E-state index >= 15 is 0 Å². The second-order valence-corrected chi connectivity index (χ2v) is 10.3. The lowest BCUT2D eigenvalue weighted by atomic mass is 9.87.